The predicted molar refractivity (Wildman–Crippen MR) is 45.2 cm³/mol. The van der Waals surface area contributed by atoms with E-state index in [1.807, 2.05) is 0 Å². The van der Waals surface area contributed by atoms with Gasteiger partial charge in [-0.05, 0) is 6.92 Å². The average Bonchev–Trinajstić information content (AvgIpc) is 2.31. The Balaban J connectivity index is 2.48. The molecule has 1 rings (SSSR count). The Bertz CT molecular complexity index is 217. The summed E-state index contributed by atoms with van der Waals surface area (Å²) in [5.74, 6) is 2.65. The molecule has 0 spiro atoms. The molecule has 66 valence electrons. The third-order valence-corrected chi connectivity index (χ3v) is 1.93. The van der Waals surface area contributed by atoms with Crippen molar-refractivity contribution in [3.05, 3.63) is 0 Å². The standard InChI is InChI=1S/C9H13NO2/c1-3-8-4-9(12)10(6-8)5-7(2)11/h1,7-8,11H,4-6H2,2H3/t7-,8?/m0/s1. The molecule has 1 fully saturated rings. The van der Waals surface area contributed by atoms with Gasteiger partial charge in [-0.3, -0.25) is 4.79 Å². The van der Waals surface area contributed by atoms with E-state index < -0.39 is 6.10 Å². The minimum atomic E-state index is -0.467. The first-order valence-corrected chi connectivity index (χ1v) is 4.05. The molecule has 3 nitrogen and oxygen atoms in total. The number of amides is 1. The lowest BCUT2D eigenvalue weighted by atomic mass is 10.1. The van der Waals surface area contributed by atoms with Gasteiger partial charge in [0.1, 0.15) is 0 Å². The Kier molecular flexibility index (Phi) is 2.72. The summed E-state index contributed by atoms with van der Waals surface area (Å²) in [5, 5.41) is 9.04. The molecule has 1 aliphatic rings. The van der Waals surface area contributed by atoms with Gasteiger partial charge in [0, 0.05) is 25.4 Å². The SMILES string of the molecule is C#CC1CC(=O)N(C[C@H](C)O)C1. The summed E-state index contributed by atoms with van der Waals surface area (Å²) in [6.07, 6.45) is 5.16. The number of hydrogen-bond donors (Lipinski definition) is 1. The highest BCUT2D eigenvalue weighted by atomic mass is 16.3. The second kappa shape index (κ2) is 3.59. The zero-order valence-electron chi connectivity index (χ0n) is 7.16. The van der Waals surface area contributed by atoms with Crippen molar-refractivity contribution in [1.82, 2.24) is 4.90 Å². The molecule has 0 aromatic heterocycles. The molecule has 1 aliphatic heterocycles. The lowest BCUT2D eigenvalue weighted by Crippen LogP contribution is -2.32. The molecule has 1 N–H and O–H groups in total. The minimum absolute atomic E-state index is 0.0382. The van der Waals surface area contributed by atoms with Crippen LogP contribution in [-0.4, -0.2) is 35.1 Å². The fourth-order valence-corrected chi connectivity index (χ4v) is 1.38. The lowest BCUT2D eigenvalue weighted by Gasteiger charge is -2.17. The summed E-state index contributed by atoms with van der Waals surface area (Å²) < 4.78 is 0. The summed E-state index contributed by atoms with van der Waals surface area (Å²) in [7, 11) is 0. The number of carbonyl (C=O) groups excluding carboxylic acids is 1. The molecule has 1 saturated heterocycles. The fraction of sp³-hybridized carbons (Fsp3) is 0.667. The van der Waals surface area contributed by atoms with Crippen LogP contribution in [0, 0.1) is 18.3 Å². The molecule has 1 unspecified atom stereocenters. The van der Waals surface area contributed by atoms with Crippen molar-refractivity contribution < 1.29 is 9.90 Å². The monoisotopic (exact) mass is 167 g/mol. The number of hydrogen-bond acceptors (Lipinski definition) is 2. The van der Waals surface area contributed by atoms with E-state index in [1.54, 1.807) is 11.8 Å². The molecule has 3 heteroatoms. The van der Waals surface area contributed by atoms with Crippen LogP contribution in [0.1, 0.15) is 13.3 Å². The van der Waals surface area contributed by atoms with Gasteiger partial charge in [-0.15, -0.1) is 12.3 Å². The molecule has 0 radical (unpaired) electrons. The number of aliphatic hydroxyl groups is 1. The van der Waals surface area contributed by atoms with E-state index in [2.05, 4.69) is 5.92 Å². The second-order valence-corrected chi connectivity index (χ2v) is 3.22. The summed E-state index contributed by atoms with van der Waals surface area (Å²) >= 11 is 0. The number of terminal acetylenes is 1. The molecule has 0 aromatic rings. The zero-order chi connectivity index (χ0) is 9.14. The molecule has 0 bridgehead atoms. The topological polar surface area (TPSA) is 40.5 Å². The highest BCUT2D eigenvalue weighted by Crippen LogP contribution is 2.16. The van der Waals surface area contributed by atoms with Crippen molar-refractivity contribution in [3.63, 3.8) is 0 Å². The van der Waals surface area contributed by atoms with Gasteiger partial charge < -0.3 is 10.0 Å². The molecule has 0 aliphatic carbocycles. The number of nitrogens with zero attached hydrogens (tertiary/aromatic N) is 1. The Labute approximate surface area is 72.4 Å². The van der Waals surface area contributed by atoms with E-state index in [-0.39, 0.29) is 11.8 Å². The summed E-state index contributed by atoms with van der Waals surface area (Å²) in [6, 6.07) is 0. The van der Waals surface area contributed by atoms with Crippen LogP contribution >= 0.6 is 0 Å². The first-order chi connectivity index (χ1) is 5.63. The normalized spacial score (nSPS) is 25.6. The molecule has 0 saturated carbocycles. The van der Waals surface area contributed by atoms with E-state index in [4.69, 9.17) is 11.5 Å². The maximum Gasteiger partial charge on any atom is 0.224 e. The number of aliphatic hydroxyl groups excluding tert-OH is 1. The third kappa shape index (κ3) is 1.99. The van der Waals surface area contributed by atoms with Gasteiger partial charge in [0.05, 0.1) is 6.10 Å². The molecule has 2 atom stereocenters. The number of carbonyl (C=O) groups is 1. The van der Waals surface area contributed by atoms with Gasteiger partial charge in [0.15, 0.2) is 0 Å². The number of rotatable bonds is 2. The quantitative estimate of drug-likeness (QED) is 0.581. The summed E-state index contributed by atoms with van der Waals surface area (Å²) in [6.45, 7) is 2.66. The lowest BCUT2D eigenvalue weighted by molar-refractivity contribution is -0.128. The van der Waals surface area contributed by atoms with E-state index in [1.165, 1.54) is 0 Å². The molecule has 1 amide bonds. The van der Waals surface area contributed by atoms with Crippen LogP contribution in [-0.2, 0) is 4.79 Å². The smallest absolute Gasteiger partial charge is 0.224 e. The summed E-state index contributed by atoms with van der Waals surface area (Å²) in [5.41, 5.74) is 0. The minimum Gasteiger partial charge on any atom is -0.392 e. The van der Waals surface area contributed by atoms with Gasteiger partial charge in [0.2, 0.25) is 5.91 Å². The van der Waals surface area contributed by atoms with Crippen LogP contribution in [0.4, 0.5) is 0 Å². The first-order valence-electron chi connectivity index (χ1n) is 4.05. The van der Waals surface area contributed by atoms with Gasteiger partial charge in [-0.25, -0.2) is 0 Å². The predicted octanol–water partition coefficient (Wildman–Crippen LogP) is -0.151. The van der Waals surface area contributed by atoms with Gasteiger partial charge in [-0.1, -0.05) is 0 Å². The van der Waals surface area contributed by atoms with Crippen molar-refractivity contribution in [2.45, 2.75) is 19.4 Å². The van der Waals surface area contributed by atoms with Gasteiger partial charge in [-0.2, -0.15) is 0 Å². The Morgan fingerprint density at radius 1 is 1.92 bits per heavy atom. The van der Waals surface area contributed by atoms with Crippen LogP contribution in [0.2, 0.25) is 0 Å². The van der Waals surface area contributed by atoms with Gasteiger partial charge in [0.25, 0.3) is 0 Å². The van der Waals surface area contributed by atoms with E-state index in [9.17, 15) is 4.79 Å². The summed E-state index contributed by atoms with van der Waals surface area (Å²) in [4.78, 5) is 12.8. The van der Waals surface area contributed by atoms with Crippen LogP contribution < -0.4 is 0 Å². The molecular formula is C9H13NO2. The van der Waals surface area contributed by atoms with Crippen molar-refractivity contribution in [1.29, 1.82) is 0 Å². The maximum atomic E-state index is 11.2. The largest absolute Gasteiger partial charge is 0.392 e. The van der Waals surface area contributed by atoms with Crippen LogP contribution in [0.3, 0.4) is 0 Å². The molecule has 12 heavy (non-hydrogen) atoms. The Hall–Kier alpha value is -1.01. The van der Waals surface area contributed by atoms with Crippen molar-refractivity contribution in [2.24, 2.45) is 5.92 Å². The third-order valence-electron chi connectivity index (χ3n) is 1.93. The Morgan fingerprint density at radius 3 is 3.00 bits per heavy atom. The van der Waals surface area contributed by atoms with Crippen molar-refractivity contribution >= 4 is 5.91 Å². The average molecular weight is 167 g/mol. The highest BCUT2D eigenvalue weighted by Gasteiger charge is 2.28. The highest BCUT2D eigenvalue weighted by molar-refractivity contribution is 5.79. The fourth-order valence-electron chi connectivity index (χ4n) is 1.38. The number of β-amino-alcohol motifs (C(OH)–C–C–N with tert-alkyl or cyclic N) is 1. The van der Waals surface area contributed by atoms with Crippen LogP contribution in [0.15, 0.2) is 0 Å². The molecule has 0 aromatic carbocycles. The van der Waals surface area contributed by atoms with Crippen molar-refractivity contribution in [3.8, 4) is 12.3 Å². The van der Waals surface area contributed by atoms with E-state index in [0.29, 0.717) is 19.5 Å². The zero-order valence-corrected chi connectivity index (χ0v) is 7.16. The Morgan fingerprint density at radius 2 is 2.58 bits per heavy atom. The van der Waals surface area contributed by atoms with Gasteiger partial charge >= 0.3 is 0 Å². The first kappa shape index (κ1) is 9.08. The van der Waals surface area contributed by atoms with E-state index >= 15 is 0 Å². The van der Waals surface area contributed by atoms with E-state index in [0.717, 1.165) is 0 Å². The molecular weight excluding hydrogens is 154 g/mol. The maximum absolute atomic E-state index is 11.2. The van der Waals surface area contributed by atoms with Crippen LogP contribution in [0.25, 0.3) is 0 Å². The van der Waals surface area contributed by atoms with Crippen LogP contribution in [0.5, 0.6) is 0 Å². The van der Waals surface area contributed by atoms with Crippen molar-refractivity contribution in [2.75, 3.05) is 13.1 Å². The number of likely N-dealkylation sites (tertiary alicyclic amines) is 1. The second-order valence-electron chi connectivity index (χ2n) is 3.22. The molecule has 1 heterocycles.